The normalized spacial score (nSPS) is 15.7. The van der Waals surface area contributed by atoms with Crippen molar-refractivity contribution in [3.8, 4) is 0 Å². The predicted octanol–water partition coefficient (Wildman–Crippen LogP) is 3.85. The summed E-state index contributed by atoms with van der Waals surface area (Å²) in [6.45, 7) is 8.23. The zero-order valence-corrected chi connectivity index (χ0v) is 9.99. The molecule has 2 heteroatoms. The lowest BCUT2D eigenvalue weighted by Gasteiger charge is -2.26. The van der Waals surface area contributed by atoms with Gasteiger partial charge in [-0.1, -0.05) is 20.3 Å². The van der Waals surface area contributed by atoms with Gasteiger partial charge in [0, 0.05) is 19.1 Å². The van der Waals surface area contributed by atoms with Gasteiger partial charge in [0.1, 0.15) is 0 Å². The van der Waals surface area contributed by atoms with Crippen LogP contribution >= 0.6 is 11.6 Å². The van der Waals surface area contributed by atoms with Crippen molar-refractivity contribution < 1.29 is 4.74 Å². The molecule has 13 heavy (non-hydrogen) atoms. The summed E-state index contributed by atoms with van der Waals surface area (Å²) in [5, 5.41) is 0. The predicted molar refractivity (Wildman–Crippen MR) is 59.5 cm³/mol. The second-order valence-corrected chi connectivity index (χ2v) is 4.26. The molecule has 0 rings (SSSR count). The molecule has 1 unspecified atom stereocenters. The molecule has 0 saturated carbocycles. The number of alkyl halides is 1. The quantitative estimate of drug-likeness (QED) is 0.433. The van der Waals surface area contributed by atoms with Crippen LogP contribution in [0.25, 0.3) is 0 Å². The summed E-state index contributed by atoms with van der Waals surface area (Å²) >= 11 is 5.96. The molecule has 0 aliphatic carbocycles. The lowest BCUT2D eigenvalue weighted by Crippen LogP contribution is -2.18. The van der Waals surface area contributed by atoms with Gasteiger partial charge in [0.2, 0.25) is 0 Å². The minimum absolute atomic E-state index is 0.327. The molecule has 80 valence electrons. The van der Waals surface area contributed by atoms with E-state index >= 15 is 0 Å². The fourth-order valence-corrected chi connectivity index (χ4v) is 1.87. The first-order chi connectivity index (χ1) is 6.18. The van der Waals surface area contributed by atoms with E-state index in [1.165, 1.54) is 19.3 Å². The highest BCUT2D eigenvalue weighted by atomic mass is 35.5. The van der Waals surface area contributed by atoms with Gasteiger partial charge in [-0.2, -0.15) is 0 Å². The zero-order valence-electron chi connectivity index (χ0n) is 9.24. The fourth-order valence-electron chi connectivity index (χ4n) is 1.61. The van der Waals surface area contributed by atoms with Gasteiger partial charge < -0.3 is 4.74 Å². The van der Waals surface area contributed by atoms with Crippen LogP contribution in [0.4, 0.5) is 0 Å². The van der Waals surface area contributed by atoms with Crippen LogP contribution in [0.1, 0.15) is 46.5 Å². The molecule has 0 N–H and O–H groups in total. The summed E-state index contributed by atoms with van der Waals surface area (Å²) in [6, 6.07) is 0. The van der Waals surface area contributed by atoms with E-state index in [0.29, 0.717) is 5.41 Å². The van der Waals surface area contributed by atoms with Crippen molar-refractivity contribution in [2.75, 3.05) is 19.1 Å². The molecule has 0 radical (unpaired) electrons. The molecule has 0 aromatic rings. The van der Waals surface area contributed by atoms with Gasteiger partial charge in [-0.25, -0.2) is 0 Å². The summed E-state index contributed by atoms with van der Waals surface area (Å²) in [7, 11) is 0. The molecule has 0 aromatic carbocycles. The van der Waals surface area contributed by atoms with Gasteiger partial charge in [0.05, 0.1) is 0 Å². The second kappa shape index (κ2) is 7.64. The molecule has 0 bridgehead atoms. The number of rotatable bonds is 8. The Morgan fingerprint density at radius 1 is 1.23 bits per heavy atom. The Bertz CT molecular complexity index is 117. The van der Waals surface area contributed by atoms with E-state index in [1.807, 2.05) is 6.92 Å². The van der Waals surface area contributed by atoms with Crippen molar-refractivity contribution >= 4 is 11.6 Å². The average Bonchev–Trinajstić information content (AvgIpc) is 2.13. The first-order valence-corrected chi connectivity index (χ1v) is 5.85. The Labute approximate surface area is 87.8 Å². The van der Waals surface area contributed by atoms with Crippen molar-refractivity contribution in [1.82, 2.24) is 0 Å². The van der Waals surface area contributed by atoms with E-state index in [2.05, 4.69) is 13.8 Å². The van der Waals surface area contributed by atoms with Crippen LogP contribution in [0.2, 0.25) is 0 Å². The molecular formula is C11H23ClO. The summed E-state index contributed by atoms with van der Waals surface area (Å²) in [5.41, 5.74) is 0.327. The third kappa shape index (κ3) is 6.34. The van der Waals surface area contributed by atoms with Gasteiger partial charge in [-0.3, -0.25) is 0 Å². The van der Waals surface area contributed by atoms with E-state index in [0.717, 1.165) is 25.5 Å². The van der Waals surface area contributed by atoms with Crippen molar-refractivity contribution in [2.45, 2.75) is 46.5 Å². The average molecular weight is 207 g/mol. The van der Waals surface area contributed by atoms with Crippen molar-refractivity contribution in [3.63, 3.8) is 0 Å². The Balaban J connectivity index is 3.57. The third-order valence-electron chi connectivity index (χ3n) is 2.45. The Morgan fingerprint density at radius 3 is 2.38 bits per heavy atom. The monoisotopic (exact) mass is 206 g/mol. The maximum absolute atomic E-state index is 5.96. The van der Waals surface area contributed by atoms with E-state index in [4.69, 9.17) is 16.3 Å². The van der Waals surface area contributed by atoms with E-state index in [-0.39, 0.29) is 0 Å². The van der Waals surface area contributed by atoms with Crippen molar-refractivity contribution in [3.05, 3.63) is 0 Å². The standard InChI is InChI=1S/C11H23ClO/c1-4-7-11(3,10-12)8-6-9-13-5-2/h4-10H2,1-3H3. The van der Waals surface area contributed by atoms with Gasteiger partial charge in [-0.15, -0.1) is 11.6 Å². The highest BCUT2D eigenvalue weighted by Gasteiger charge is 2.21. The van der Waals surface area contributed by atoms with Crippen LogP contribution in [0.15, 0.2) is 0 Å². The molecule has 0 aromatic heterocycles. The van der Waals surface area contributed by atoms with E-state index in [9.17, 15) is 0 Å². The highest BCUT2D eigenvalue weighted by Crippen LogP contribution is 2.30. The van der Waals surface area contributed by atoms with Crippen LogP contribution in [0.3, 0.4) is 0 Å². The molecule has 0 heterocycles. The first-order valence-electron chi connectivity index (χ1n) is 5.32. The highest BCUT2D eigenvalue weighted by molar-refractivity contribution is 6.18. The van der Waals surface area contributed by atoms with Gasteiger partial charge >= 0.3 is 0 Å². The Kier molecular flexibility index (Phi) is 7.78. The smallest absolute Gasteiger partial charge is 0.0466 e. The number of ether oxygens (including phenoxy) is 1. The van der Waals surface area contributed by atoms with Gasteiger partial charge in [0.25, 0.3) is 0 Å². The SMILES string of the molecule is CCCC(C)(CCl)CCCOCC. The maximum atomic E-state index is 5.96. The molecule has 0 saturated heterocycles. The summed E-state index contributed by atoms with van der Waals surface area (Å²) in [5.74, 6) is 0.771. The number of halogens is 1. The summed E-state index contributed by atoms with van der Waals surface area (Å²) < 4.78 is 5.31. The lowest BCUT2D eigenvalue weighted by atomic mass is 9.83. The molecule has 0 aliphatic rings. The van der Waals surface area contributed by atoms with E-state index < -0.39 is 0 Å². The van der Waals surface area contributed by atoms with Crippen molar-refractivity contribution in [1.29, 1.82) is 0 Å². The Hall–Kier alpha value is 0.250. The van der Waals surface area contributed by atoms with Crippen LogP contribution in [-0.4, -0.2) is 19.1 Å². The molecule has 0 amide bonds. The minimum atomic E-state index is 0.327. The van der Waals surface area contributed by atoms with Crippen LogP contribution in [0.5, 0.6) is 0 Å². The fraction of sp³-hybridized carbons (Fsp3) is 1.00. The topological polar surface area (TPSA) is 9.23 Å². The molecular weight excluding hydrogens is 184 g/mol. The molecule has 0 aliphatic heterocycles. The maximum Gasteiger partial charge on any atom is 0.0466 e. The van der Waals surface area contributed by atoms with Crippen LogP contribution in [0, 0.1) is 5.41 Å². The largest absolute Gasteiger partial charge is 0.382 e. The van der Waals surface area contributed by atoms with E-state index in [1.54, 1.807) is 0 Å². The first kappa shape index (κ1) is 13.2. The molecule has 0 fully saturated rings. The lowest BCUT2D eigenvalue weighted by molar-refractivity contribution is 0.131. The molecule has 1 nitrogen and oxygen atoms in total. The Morgan fingerprint density at radius 2 is 1.92 bits per heavy atom. The van der Waals surface area contributed by atoms with Crippen LogP contribution < -0.4 is 0 Å². The van der Waals surface area contributed by atoms with Crippen molar-refractivity contribution in [2.24, 2.45) is 5.41 Å². The molecule has 1 atom stereocenters. The summed E-state index contributed by atoms with van der Waals surface area (Å²) in [6.07, 6.45) is 4.77. The molecule has 0 spiro atoms. The second-order valence-electron chi connectivity index (χ2n) is 3.99. The number of hydrogen-bond donors (Lipinski definition) is 0. The van der Waals surface area contributed by atoms with Gasteiger partial charge in [-0.05, 0) is 31.6 Å². The van der Waals surface area contributed by atoms with Gasteiger partial charge in [0.15, 0.2) is 0 Å². The third-order valence-corrected chi connectivity index (χ3v) is 3.09. The minimum Gasteiger partial charge on any atom is -0.382 e. The summed E-state index contributed by atoms with van der Waals surface area (Å²) in [4.78, 5) is 0. The number of hydrogen-bond acceptors (Lipinski definition) is 1. The van der Waals surface area contributed by atoms with Crippen LogP contribution in [-0.2, 0) is 4.74 Å². The zero-order chi connectivity index (χ0) is 10.2.